The second-order valence-electron chi connectivity index (χ2n) is 2.53. The third kappa shape index (κ3) is 1.24. The van der Waals surface area contributed by atoms with Crippen LogP contribution in [0.3, 0.4) is 0 Å². The highest BCUT2D eigenvalue weighted by atomic mass is 14.6. The first-order valence-corrected chi connectivity index (χ1v) is 3.39. The van der Waals surface area contributed by atoms with Gasteiger partial charge >= 0.3 is 0 Å². The molecule has 0 amide bonds. The van der Waals surface area contributed by atoms with Gasteiger partial charge in [-0.05, 0) is 13.0 Å². The van der Waals surface area contributed by atoms with Crippen LogP contribution in [0.2, 0.25) is 0 Å². The molecule has 1 aromatic rings. The second kappa shape index (κ2) is 2.65. The maximum Gasteiger partial charge on any atom is 0.119 e. The molecule has 1 atom stereocenters. The van der Waals surface area contributed by atoms with Crippen molar-refractivity contribution in [1.29, 1.82) is 0 Å². The highest BCUT2D eigenvalue weighted by Crippen LogP contribution is 2.19. The fourth-order valence-electron chi connectivity index (χ4n) is 0.960. The summed E-state index contributed by atoms with van der Waals surface area (Å²) < 4.78 is 0. The van der Waals surface area contributed by atoms with Gasteiger partial charge in [0.05, 0.1) is 6.92 Å². The van der Waals surface area contributed by atoms with E-state index in [1.807, 2.05) is 31.2 Å². The van der Waals surface area contributed by atoms with Crippen LogP contribution < -0.4 is 5.73 Å². The van der Waals surface area contributed by atoms with Gasteiger partial charge in [-0.15, -0.1) is 0 Å². The number of nitrogen functional groups attached to an aromatic ring is 1. The van der Waals surface area contributed by atoms with Crippen LogP contribution >= 0.6 is 0 Å². The quantitative estimate of drug-likeness (QED) is 0.462. The maximum absolute atomic E-state index is 5.68. The fourth-order valence-corrected chi connectivity index (χ4v) is 0.960. The number of hydrogen-bond donors (Lipinski definition) is 1. The van der Waals surface area contributed by atoms with Gasteiger partial charge in [-0.2, -0.15) is 0 Å². The van der Waals surface area contributed by atoms with E-state index in [1.54, 1.807) is 0 Å². The van der Waals surface area contributed by atoms with E-state index in [0.29, 0.717) is 0 Å². The first kappa shape index (κ1) is 7.00. The number of anilines is 1. The van der Waals surface area contributed by atoms with E-state index in [-0.39, 0.29) is 5.92 Å². The Balaban J connectivity index is 3.03. The zero-order chi connectivity index (χ0) is 7.56. The molecular formula is C9H12N+. The summed E-state index contributed by atoms with van der Waals surface area (Å²) in [7, 11) is 0. The van der Waals surface area contributed by atoms with Crippen LogP contribution in [-0.4, -0.2) is 0 Å². The highest BCUT2D eigenvalue weighted by molar-refractivity contribution is 5.48. The Morgan fingerprint density at radius 2 is 2.00 bits per heavy atom. The van der Waals surface area contributed by atoms with Gasteiger partial charge in [-0.25, -0.2) is 0 Å². The number of nitrogens with two attached hydrogens (primary N) is 1. The van der Waals surface area contributed by atoms with Gasteiger partial charge in [0.15, 0.2) is 0 Å². The zero-order valence-corrected chi connectivity index (χ0v) is 6.17. The third-order valence-electron chi connectivity index (χ3n) is 1.53. The molecule has 1 unspecified atom stereocenters. The molecule has 0 bridgehead atoms. The van der Waals surface area contributed by atoms with Gasteiger partial charge in [0.1, 0.15) is 5.92 Å². The molecule has 0 aliphatic carbocycles. The van der Waals surface area contributed by atoms with Gasteiger partial charge in [0.25, 0.3) is 0 Å². The standard InChI is InChI=1S/C9H12N/c1-7(2)8-5-3-4-6-9(8)10/h3-7H,1,10H2,2H3/q+1. The Bertz CT molecular complexity index is 216. The van der Waals surface area contributed by atoms with E-state index in [2.05, 4.69) is 6.92 Å². The topological polar surface area (TPSA) is 26.0 Å². The van der Waals surface area contributed by atoms with E-state index in [9.17, 15) is 0 Å². The minimum Gasteiger partial charge on any atom is -0.398 e. The van der Waals surface area contributed by atoms with Crippen molar-refractivity contribution in [2.45, 2.75) is 12.8 Å². The van der Waals surface area contributed by atoms with Gasteiger partial charge in [-0.1, -0.05) is 18.2 Å². The summed E-state index contributed by atoms with van der Waals surface area (Å²) >= 11 is 0. The van der Waals surface area contributed by atoms with Crippen LogP contribution in [0.1, 0.15) is 18.4 Å². The SMILES string of the molecule is [CH2+]C(C)c1ccccc1N. The monoisotopic (exact) mass is 134 g/mol. The third-order valence-corrected chi connectivity index (χ3v) is 1.53. The molecule has 2 N–H and O–H groups in total. The van der Waals surface area contributed by atoms with E-state index in [4.69, 9.17) is 5.73 Å². The summed E-state index contributed by atoms with van der Waals surface area (Å²) in [6.45, 7) is 5.92. The molecule has 0 saturated carbocycles. The average Bonchev–Trinajstić information content (AvgIpc) is 1.88. The first-order chi connectivity index (χ1) is 4.72. The lowest BCUT2D eigenvalue weighted by Gasteiger charge is -2.02. The molecule has 0 spiro atoms. The summed E-state index contributed by atoms with van der Waals surface area (Å²) in [4.78, 5) is 0. The lowest BCUT2D eigenvalue weighted by Crippen LogP contribution is -1.94. The van der Waals surface area contributed by atoms with Crippen molar-refractivity contribution in [2.24, 2.45) is 0 Å². The first-order valence-electron chi connectivity index (χ1n) is 3.39. The minimum absolute atomic E-state index is 0.279. The van der Waals surface area contributed by atoms with Crippen LogP contribution in [-0.2, 0) is 0 Å². The number of para-hydroxylation sites is 1. The summed E-state index contributed by atoms with van der Waals surface area (Å²) in [6, 6.07) is 7.82. The van der Waals surface area contributed by atoms with Crippen molar-refractivity contribution < 1.29 is 0 Å². The molecule has 1 heteroatoms. The zero-order valence-electron chi connectivity index (χ0n) is 6.17. The van der Waals surface area contributed by atoms with Crippen molar-refractivity contribution in [3.63, 3.8) is 0 Å². The molecule has 10 heavy (non-hydrogen) atoms. The van der Waals surface area contributed by atoms with Crippen LogP contribution in [0, 0.1) is 6.92 Å². The summed E-state index contributed by atoms with van der Waals surface area (Å²) in [5.41, 5.74) is 7.65. The largest absolute Gasteiger partial charge is 0.398 e. The minimum atomic E-state index is 0.279. The lowest BCUT2D eigenvalue weighted by atomic mass is 10.0. The molecule has 0 heterocycles. The van der Waals surface area contributed by atoms with E-state index in [1.165, 1.54) is 0 Å². The van der Waals surface area contributed by atoms with Crippen LogP contribution in [0.25, 0.3) is 0 Å². The molecule has 0 saturated heterocycles. The Labute approximate surface area is 61.9 Å². The van der Waals surface area contributed by atoms with Gasteiger partial charge in [0.2, 0.25) is 0 Å². The molecule has 0 fully saturated rings. The van der Waals surface area contributed by atoms with Crippen LogP contribution in [0.15, 0.2) is 24.3 Å². The van der Waals surface area contributed by atoms with Crippen molar-refractivity contribution in [2.75, 3.05) is 5.73 Å². The summed E-state index contributed by atoms with van der Waals surface area (Å²) in [6.07, 6.45) is 0. The van der Waals surface area contributed by atoms with Crippen molar-refractivity contribution >= 4 is 5.69 Å². The number of rotatable bonds is 1. The predicted molar refractivity (Wildman–Crippen MR) is 44.6 cm³/mol. The van der Waals surface area contributed by atoms with Crippen molar-refractivity contribution in [3.05, 3.63) is 36.8 Å². The van der Waals surface area contributed by atoms with Crippen LogP contribution in [0.5, 0.6) is 0 Å². The number of benzene rings is 1. The Hall–Kier alpha value is -1.11. The summed E-state index contributed by atoms with van der Waals surface area (Å²) in [5.74, 6) is 0.279. The molecule has 52 valence electrons. The van der Waals surface area contributed by atoms with Gasteiger partial charge in [0, 0.05) is 11.3 Å². The molecule has 0 aromatic heterocycles. The predicted octanol–water partition coefficient (Wildman–Crippen LogP) is 2.21. The van der Waals surface area contributed by atoms with Crippen LogP contribution in [0.4, 0.5) is 5.69 Å². The molecular weight excluding hydrogens is 122 g/mol. The molecule has 1 aromatic carbocycles. The number of hydrogen-bond acceptors (Lipinski definition) is 1. The maximum atomic E-state index is 5.68. The Morgan fingerprint density at radius 3 is 2.40 bits per heavy atom. The Morgan fingerprint density at radius 1 is 1.40 bits per heavy atom. The normalized spacial score (nSPS) is 12.9. The van der Waals surface area contributed by atoms with Crippen molar-refractivity contribution in [1.82, 2.24) is 0 Å². The highest BCUT2D eigenvalue weighted by Gasteiger charge is 2.06. The van der Waals surface area contributed by atoms with Gasteiger partial charge < -0.3 is 5.73 Å². The molecule has 1 nitrogen and oxygen atoms in total. The van der Waals surface area contributed by atoms with E-state index >= 15 is 0 Å². The van der Waals surface area contributed by atoms with Gasteiger partial charge in [-0.3, -0.25) is 0 Å². The molecule has 0 radical (unpaired) electrons. The average molecular weight is 134 g/mol. The van der Waals surface area contributed by atoms with Crippen molar-refractivity contribution in [3.8, 4) is 0 Å². The smallest absolute Gasteiger partial charge is 0.119 e. The van der Waals surface area contributed by atoms with E-state index < -0.39 is 0 Å². The molecule has 0 aliphatic heterocycles. The lowest BCUT2D eigenvalue weighted by molar-refractivity contribution is 0.968. The molecule has 1 rings (SSSR count). The van der Waals surface area contributed by atoms with E-state index in [0.717, 1.165) is 11.3 Å². The fraction of sp³-hybridized carbons (Fsp3) is 0.222. The second-order valence-corrected chi connectivity index (χ2v) is 2.53. The Kier molecular flexibility index (Phi) is 1.86. The molecule has 0 aliphatic rings. The summed E-state index contributed by atoms with van der Waals surface area (Å²) in [5, 5.41) is 0.